The van der Waals surface area contributed by atoms with Gasteiger partial charge in [-0.15, -0.1) is 0 Å². The van der Waals surface area contributed by atoms with Gasteiger partial charge < -0.3 is 9.64 Å². The maximum Gasteiger partial charge on any atom is 0.131 e. The zero-order chi connectivity index (χ0) is 15.8. The molecule has 0 aromatic carbocycles. The van der Waals surface area contributed by atoms with Crippen LogP contribution in [0.2, 0.25) is 5.02 Å². The molecule has 1 atom stereocenters. The minimum absolute atomic E-state index is 0.0115. The number of rotatable bonds is 2. The largest absolute Gasteiger partial charge is 0.370 e. The van der Waals surface area contributed by atoms with Crippen LogP contribution in [0.5, 0.6) is 0 Å². The molecule has 23 heavy (non-hydrogen) atoms. The molecule has 7 heteroatoms. The summed E-state index contributed by atoms with van der Waals surface area (Å²) in [7, 11) is 1.90. The van der Waals surface area contributed by atoms with Gasteiger partial charge in [0.1, 0.15) is 17.4 Å². The molecule has 4 rings (SSSR count). The van der Waals surface area contributed by atoms with E-state index in [1.54, 1.807) is 10.9 Å². The maximum absolute atomic E-state index is 6.36. The van der Waals surface area contributed by atoms with Crippen molar-refractivity contribution in [2.45, 2.75) is 6.10 Å². The number of aromatic nitrogens is 4. The van der Waals surface area contributed by atoms with Crippen molar-refractivity contribution in [3.8, 4) is 0 Å². The first-order valence-electron chi connectivity index (χ1n) is 7.47. The third-order valence-corrected chi connectivity index (χ3v) is 4.28. The van der Waals surface area contributed by atoms with Crippen LogP contribution >= 0.6 is 11.6 Å². The van der Waals surface area contributed by atoms with Crippen molar-refractivity contribution in [3.63, 3.8) is 0 Å². The standard InChI is InChI=1S/C16H16ClN5O/c1-21-9-11(8-19-21)14-10-22(5-6-23-14)15-7-12(17)16-13(20-15)3-2-4-18-16/h2-4,7-9,14H,5-6,10H2,1H3. The highest BCUT2D eigenvalue weighted by Crippen LogP contribution is 2.29. The summed E-state index contributed by atoms with van der Waals surface area (Å²) in [6.07, 6.45) is 5.54. The van der Waals surface area contributed by atoms with E-state index < -0.39 is 0 Å². The fourth-order valence-electron chi connectivity index (χ4n) is 2.84. The summed E-state index contributed by atoms with van der Waals surface area (Å²) in [6.45, 7) is 2.15. The molecule has 3 aromatic rings. The molecule has 1 fully saturated rings. The van der Waals surface area contributed by atoms with Crippen molar-refractivity contribution in [1.82, 2.24) is 19.7 Å². The van der Waals surface area contributed by atoms with Gasteiger partial charge in [-0.1, -0.05) is 11.6 Å². The van der Waals surface area contributed by atoms with Gasteiger partial charge in [-0.25, -0.2) is 4.98 Å². The zero-order valence-electron chi connectivity index (χ0n) is 12.7. The van der Waals surface area contributed by atoms with Crippen molar-refractivity contribution in [3.05, 3.63) is 47.4 Å². The number of fused-ring (bicyclic) bond motifs is 1. The number of halogens is 1. The number of aryl methyl sites for hydroxylation is 1. The van der Waals surface area contributed by atoms with Crippen LogP contribution < -0.4 is 4.90 Å². The molecule has 1 aliphatic rings. The van der Waals surface area contributed by atoms with E-state index in [4.69, 9.17) is 21.3 Å². The highest BCUT2D eigenvalue weighted by atomic mass is 35.5. The lowest BCUT2D eigenvalue weighted by molar-refractivity contribution is 0.0395. The molecular formula is C16H16ClN5O. The summed E-state index contributed by atoms with van der Waals surface area (Å²) < 4.78 is 7.66. The molecule has 3 aromatic heterocycles. The molecule has 6 nitrogen and oxygen atoms in total. The van der Waals surface area contributed by atoms with Gasteiger partial charge in [0, 0.05) is 44.2 Å². The van der Waals surface area contributed by atoms with E-state index in [9.17, 15) is 0 Å². The van der Waals surface area contributed by atoms with Crippen LogP contribution in [-0.4, -0.2) is 39.4 Å². The van der Waals surface area contributed by atoms with Crippen molar-refractivity contribution >= 4 is 28.5 Å². The Morgan fingerprint density at radius 2 is 2.30 bits per heavy atom. The first-order chi connectivity index (χ1) is 11.2. The van der Waals surface area contributed by atoms with Crippen molar-refractivity contribution in [2.24, 2.45) is 7.05 Å². The van der Waals surface area contributed by atoms with Gasteiger partial charge in [0.05, 0.1) is 23.3 Å². The molecular weight excluding hydrogens is 314 g/mol. The summed E-state index contributed by atoms with van der Waals surface area (Å²) in [5, 5.41) is 4.84. The number of hydrogen-bond acceptors (Lipinski definition) is 5. The Bertz CT molecular complexity index is 849. The van der Waals surface area contributed by atoms with Crippen LogP contribution in [0.25, 0.3) is 11.0 Å². The van der Waals surface area contributed by atoms with Crippen LogP contribution in [0.4, 0.5) is 5.82 Å². The first-order valence-corrected chi connectivity index (χ1v) is 7.85. The topological polar surface area (TPSA) is 56.1 Å². The van der Waals surface area contributed by atoms with Crippen LogP contribution in [0, 0.1) is 0 Å². The van der Waals surface area contributed by atoms with E-state index in [-0.39, 0.29) is 6.10 Å². The van der Waals surface area contributed by atoms with E-state index in [1.807, 2.05) is 37.6 Å². The fraction of sp³-hybridized carbons (Fsp3) is 0.312. The van der Waals surface area contributed by atoms with Gasteiger partial charge in [-0.3, -0.25) is 9.67 Å². The molecule has 0 aliphatic carbocycles. The summed E-state index contributed by atoms with van der Waals surface area (Å²) in [6, 6.07) is 5.67. The molecule has 118 valence electrons. The molecule has 4 heterocycles. The zero-order valence-corrected chi connectivity index (χ0v) is 13.4. The average Bonchev–Trinajstić information content (AvgIpc) is 3.01. The Labute approximate surface area is 138 Å². The molecule has 1 saturated heterocycles. The molecule has 0 amide bonds. The monoisotopic (exact) mass is 329 g/mol. The van der Waals surface area contributed by atoms with Gasteiger partial charge in [-0.2, -0.15) is 5.10 Å². The van der Waals surface area contributed by atoms with Crippen LogP contribution in [0.15, 0.2) is 36.8 Å². The SMILES string of the molecule is Cn1cc(C2CN(c3cc(Cl)c4ncccc4n3)CCO2)cn1. The van der Waals surface area contributed by atoms with Gasteiger partial charge >= 0.3 is 0 Å². The number of nitrogens with zero attached hydrogens (tertiary/aromatic N) is 5. The average molecular weight is 330 g/mol. The Morgan fingerprint density at radius 3 is 3.13 bits per heavy atom. The molecule has 0 N–H and O–H groups in total. The van der Waals surface area contributed by atoms with Crippen molar-refractivity contribution in [1.29, 1.82) is 0 Å². The highest BCUT2D eigenvalue weighted by molar-refractivity contribution is 6.35. The summed E-state index contributed by atoms with van der Waals surface area (Å²) in [5.41, 5.74) is 2.61. The van der Waals surface area contributed by atoms with E-state index in [1.165, 1.54) is 0 Å². The second kappa shape index (κ2) is 5.79. The van der Waals surface area contributed by atoms with E-state index >= 15 is 0 Å². The number of anilines is 1. The predicted molar refractivity (Wildman–Crippen MR) is 88.7 cm³/mol. The Balaban J connectivity index is 1.64. The summed E-state index contributed by atoms with van der Waals surface area (Å²) >= 11 is 6.36. The number of ether oxygens (including phenoxy) is 1. The van der Waals surface area contributed by atoms with Crippen molar-refractivity contribution < 1.29 is 4.74 Å². The number of pyridine rings is 2. The summed E-state index contributed by atoms with van der Waals surface area (Å²) in [4.78, 5) is 11.2. The Morgan fingerprint density at radius 1 is 1.39 bits per heavy atom. The molecule has 0 spiro atoms. The maximum atomic E-state index is 6.36. The normalized spacial score (nSPS) is 18.5. The van der Waals surface area contributed by atoms with Gasteiger partial charge in [0.2, 0.25) is 0 Å². The van der Waals surface area contributed by atoms with E-state index in [2.05, 4.69) is 15.0 Å². The van der Waals surface area contributed by atoms with E-state index in [0.29, 0.717) is 11.6 Å². The highest BCUT2D eigenvalue weighted by Gasteiger charge is 2.24. The van der Waals surface area contributed by atoms with Gasteiger partial charge in [-0.05, 0) is 12.1 Å². The minimum atomic E-state index is -0.0115. The lowest BCUT2D eigenvalue weighted by atomic mass is 10.1. The molecule has 0 saturated carbocycles. The van der Waals surface area contributed by atoms with Gasteiger partial charge in [0.25, 0.3) is 0 Å². The van der Waals surface area contributed by atoms with Crippen molar-refractivity contribution in [2.75, 3.05) is 24.6 Å². The fourth-order valence-corrected chi connectivity index (χ4v) is 3.08. The summed E-state index contributed by atoms with van der Waals surface area (Å²) in [5.74, 6) is 0.854. The second-order valence-corrected chi connectivity index (χ2v) is 5.99. The third-order valence-electron chi connectivity index (χ3n) is 3.99. The smallest absolute Gasteiger partial charge is 0.131 e. The van der Waals surface area contributed by atoms with Crippen LogP contribution in [0.3, 0.4) is 0 Å². The lowest BCUT2D eigenvalue weighted by Gasteiger charge is -2.33. The van der Waals surface area contributed by atoms with Crippen LogP contribution in [-0.2, 0) is 11.8 Å². The molecule has 0 radical (unpaired) electrons. The second-order valence-electron chi connectivity index (χ2n) is 5.59. The molecule has 0 bridgehead atoms. The quantitative estimate of drug-likeness (QED) is 0.723. The minimum Gasteiger partial charge on any atom is -0.370 e. The number of morpholine rings is 1. The first kappa shape index (κ1) is 14.4. The lowest BCUT2D eigenvalue weighted by Crippen LogP contribution is -2.38. The molecule has 1 aliphatic heterocycles. The number of hydrogen-bond donors (Lipinski definition) is 0. The molecule has 1 unspecified atom stereocenters. The van der Waals surface area contributed by atoms with Gasteiger partial charge in [0.15, 0.2) is 0 Å². The Kier molecular flexibility index (Phi) is 3.63. The third kappa shape index (κ3) is 2.75. The Hall–Kier alpha value is -2.18. The van der Waals surface area contributed by atoms with Crippen LogP contribution in [0.1, 0.15) is 11.7 Å². The van der Waals surface area contributed by atoms with E-state index in [0.717, 1.165) is 35.5 Å². The predicted octanol–water partition coefficient (Wildman–Crippen LogP) is 2.59.